The largest absolute Gasteiger partial charge is 0.387 e. The molecule has 2 unspecified atom stereocenters. The average Bonchev–Trinajstić information content (AvgIpc) is 3.46. The number of nitrogens with one attached hydrogen (secondary N) is 1. The molecule has 2 fully saturated rings. The Labute approximate surface area is 199 Å². The van der Waals surface area contributed by atoms with Crippen molar-refractivity contribution in [3.05, 3.63) is 11.6 Å². The van der Waals surface area contributed by atoms with Crippen LogP contribution >= 0.6 is 27.5 Å². The zero-order valence-corrected chi connectivity index (χ0v) is 20.7. The standard InChI is InChI=1S/C17H26ClN5O9P2/c1-17(25)12(24)10(6-31-34(28,29)8-30-33(26)27)32-15(17)23-7-19-11-13(20-9-4-2-3-5-9)21-16(18)22-14(11)23/h7,9-10,12,15,24-25,33H,2-6,8H2,1H3,(H,26,27)(H,28,29)(H,20,21,22)/t10-,12-,15-,17-/m1/s1. The van der Waals surface area contributed by atoms with Crippen molar-refractivity contribution in [3.8, 4) is 0 Å². The van der Waals surface area contributed by atoms with Crippen LogP contribution in [0.25, 0.3) is 11.2 Å². The summed E-state index contributed by atoms with van der Waals surface area (Å²) in [5, 5.41) is 24.9. The lowest BCUT2D eigenvalue weighted by atomic mass is 9.96. The van der Waals surface area contributed by atoms with Gasteiger partial charge in [0.1, 0.15) is 17.8 Å². The average molecular weight is 542 g/mol. The van der Waals surface area contributed by atoms with Crippen molar-refractivity contribution in [2.45, 2.75) is 62.7 Å². The second-order valence-electron chi connectivity index (χ2n) is 8.46. The van der Waals surface area contributed by atoms with Crippen LogP contribution in [0.5, 0.6) is 0 Å². The zero-order chi connectivity index (χ0) is 24.7. The van der Waals surface area contributed by atoms with E-state index in [2.05, 4.69) is 24.8 Å². The number of hydrogen-bond acceptors (Lipinski definition) is 11. The molecule has 1 aliphatic carbocycles. The highest BCUT2D eigenvalue weighted by Gasteiger charge is 2.54. The predicted molar refractivity (Wildman–Crippen MR) is 120 cm³/mol. The topological polar surface area (TPSA) is 198 Å². The molecule has 1 saturated heterocycles. The third-order valence-electron chi connectivity index (χ3n) is 5.89. The number of hydrogen-bond donors (Lipinski definition) is 5. The van der Waals surface area contributed by atoms with Gasteiger partial charge in [0.05, 0.1) is 12.9 Å². The van der Waals surface area contributed by atoms with E-state index in [0.717, 1.165) is 25.7 Å². The van der Waals surface area contributed by atoms with Gasteiger partial charge in [-0.3, -0.25) is 18.2 Å². The molecule has 0 aromatic carbocycles. The molecule has 1 aliphatic heterocycles. The molecule has 2 aromatic heterocycles. The van der Waals surface area contributed by atoms with E-state index in [4.69, 9.17) is 25.8 Å². The maximum absolute atomic E-state index is 12.0. The third kappa shape index (κ3) is 5.46. The Hall–Kier alpha value is -1.18. The third-order valence-corrected chi connectivity index (χ3v) is 7.70. The molecule has 17 heteroatoms. The number of aliphatic hydroxyl groups excluding tert-OH is 1. The van der Waals surface area contributed by atoms with Crippen LogP contribution in [0.3, 0.4) is 0 Å². The highest BCUT2D eigenvalue weighted by atomic mass is 35.5. The van der Waals surface area contributed by atoms with Crippen LogP contribution in [-0.4, -0.2) is 76.3 Å². The molecule has 0 amide bonds. The number of halogens is 1. The number of anilines is 1. The molecule has 34 heavy (non-hydrogen) atoms. The minimum atomic E-state index is -4.41. The Morgan fingerprint density at radius 1 is 1.41 bits per heavy atom. The summed E-state index contributed by atoms with van der Waals surface area (Å²) in [6, 6.07) is 0.233. The van der Waals surface area contributed by atoms with E-state index in [0.29, 0.717) is 11.3 Å². The van der Waals surface area contributed by atoms with E-state index in [-0.39, 0.29) is 17.0 Å². The number of nitrogens with zero attached hydrogens (tertiary/aromatic N) is 4. The van der Waals surface area contributed by atoms with Crippen LogP contribution in [-0.2, 0) is 22.9 Å². The minimum Gasteiger partial charge on any atom is -0.387 e. The molecule has 190 valence electrons. The van der Waals surface area contributed by atoms with Gasteiger partial charge in [0.25, 0.3) is 0 Å². The van der Waals surface area contributed by atoms with Gasteiger partial charge in [-0.25, -0.2) is 4.98 Å². The van der Waals surface area contributed by atoms with Crippen LogP contribution in [0.15, 0.2) is 6.33 Å². The molecule has 2 aromatic rings. The summed E-state index contributed by atoms with van der Waals surface area (Å²) in [7, 11) is -7.84. The highest BCUT2D eigenvalue weighted by Crippen LogP contribution is 2.46. The van der Waals surface area contributed by atoms with Crippen molar-refractivity contribution in [2.75, 3.05) is 18.3 Å². The highest BCUT2D eigenvalue weighted by molar-refractivity contribution is 7.53. The van der Waals surface area contributed by atoms with Crippen molar-refractivity contribution >= 4 is 44.4 Å². The summed E-state index contributed by atoms with van der Waals surface area (Å²) in [5.74, 6) is 0.447. The summed E-state index contributed by atoms with van der Waals surface area (Å²) in [5.41, 5.74) is -1.21. The normalized spacial score (nSPS) is 30.6. The summed E-state index contributed by atoms with van der Waals surface area (Å²) in [4.78, 5) is 31.2. The fraction of sp³-hybridized carbons (Fsp3) is 0.706. The first-order chi connectivity index (χ1) is 16.0. The summed E-state index contributed by atoms with van der Waals surface area (Å²) >= 11 is 6.14. The van der Waals surface area contributed by atoms with Crippen LogP contribution in [0, 0.1) is 0 Å². The van der Waals surface area contributed by atoms with Crippen LogP contribution in [0.1, 0.15) is 38.8 Å². The van der Waals surface area contributed by atoms with Crippen molar-refractivity contribution in [1.29, 1.82) is 0 Å². The lowest BCUT2D eigenvalue weighted by molar-refractivity contribution is -0.0948. The number of aromatic nitrogens is 4. The first-order valence-electron chi connectivity index (χ1n) is 10.5. The van der Waals surface area contributed by atoms with Gasteiger partial charge in [-0.1, -0.05) is 12.8 Å². The number of ether oxygens (including phenoxy) is 1. The van der Waals surface area contributed by atoms with Gasteiger partial charge in [-0.05, 0) is 31.4 Å². The fourth-order valence-electron chi connectivity index (χ4n) is 4.17. The number of fused-ring (bicyclic) bond motifs is 1. The molecular formula is C17H26ClN5O9P2. The molecule has 0 spiro atoms. The SMILES string of the molecule is C[C@@]1(O)[C@H](O)[C@@H](COP(=O)(O)CO[PH](=O)O)O[C@H]1n1cnc2c(NC3CCCC3)nc(Cl)nc21. The number of imidazole rings is 1. The van der Waals surface area contributed by atoms with Gasteiger partial charge in [-0.2, -0.15) is 9.97 Å². The van der Waals surface area contributed by atoms with E-state index in [1.54, 1.807) is 0 Å². The van der Waals surface area contributed by atoms with Gasteiger partial charge in [0.2, 0.25) is 5.28 Å². The van der Waals surface area contributed by atoms with Crippen LogP contribution < -0.4 is 5.32 Å². The van der Waals surface area contributed by atoms with Gasteiger partial charge in [0.15, 0.2) is 29.6 Å². The number of rotatable bonds is 9. The minimum absolute atomic E-state index is 0.0443. The molecule has 5 N–H and O–H groups in total. The molecule has 3 heterocycles. The lowest BCUT2D eigenvalue weighted by Crippen LogP contribution is -2.44. The van der Waals surface area contributed by atoms with Gasteiger partial charge >= 0.3 is 15.9 Å². The van der Waals surface area contributed by atoms with E-state index in [9.17, 15) is 24.2 Å². The van der Waals surface area contributed by atoms with E-state index >= 15 is 0 Å². The van der Waals surface area contributed by atoms with Crippen molar-refractivity contribution in [2.24, 2.45) is 0 Å². The Morgan fingerprint density at radius 2 is 2.12 bits per heavy atom. The molecule has 0 radical (unpaired) electrons. The van der Waals surface area contributed by atoms with E-state index in [1.165, 1.54) is 17.8 Å². The Bertz CT molecular complexity index is 1110. The molecule has 2 aliphatic rings. The summed E-state index contributed by atoms with van der Waals surface area (Å²) < 4.78 is 38.9. The maximum Gasteiger partial charge on any atom is 0.354 e. The lowest BCUT2D eigenvalue weighted by Gasteiger charge is -2.27. The van der Waals surface area contributed by atoms with Gasteiger partial charge in [0, 0.05) is 6.04 Å². The van der Waals surface area contributed by atoms with Crippen LogP contribution in [0.2, 0.25) is 5.28 Å². The predicted octanol–water partition coefficient (Wildman–Crippen LogP) is 1.40. The molecule has 14 nitrogen and oxygen atoms in total. The molecular weight excluding hydrogens is 516 g/mol. The Balaban J connectivity index is 1.55. The first kappa shape index (κ1) is 25.9. The fourth-order valence-corrected chi connectivity index (χ4v) is 5.88. The van der Waals surface area contributed by atoms with Gasteiger partial charge in [-0.15, -0.1) is 0 Å². The van der Waals surface area contributed by atoms with Crippen LogP contribution in [0.4, 0.5) is 5.82 Å². The quantitative estimate of drug-likeness (QED) is 0.226. The second kappa shape index (κ2) is 10.1. The monoisotopic (exact) mass is 541 g/mol. The van der Waals surface area contributed by atoms with E-state index < -0.39 is 52.8 Å². The zero-order valence-electron chi connectivity index (χ0n) is 18.1. The Morgan fingerprint density at radius 3 is 2.79 bits per heavy atom. The van der Waals surface area contributed by atoms with Crippen molar-refractivity contribution in [1.82, 2.24) is 19.5 Å². The Kier molecular flexibility index (Phi) is 7.66. The summed E-state index contributed by atoms with van der Waals surface area (Å²) in [6.07, 6.45) is 0.616. The summed E-state index contributed by atoms with van der Waals surface area (Å²) in [6.45, 7) is 0.725. The molecule has 4 rings (SSSR count). The van der Waals surface area contributed by atoms with Gasteiger partial charge < -0.3 is 34.6 Å². The van der Waals surface area contributed by atoms with Crippen molar-refractivity contribution in [3.63, 3.8) is 0 Å². The number of aliphatic hydroxyl groups is 2. The van der Waals surface area contributed by atoms with E-state index in [1.807, 2.05) is 0 Å². The van der Waals surface area contributed by atoms with Crippen molar-refractivity contribution < 1.29 is 42.9 Å². The first-order valence-corrected chi connectivity index (χ1v) is 13.9. The molecule has 1 saturated carbocycles. The molecule has 6 atom stereocenters. The smallest absolute Gasteiger partial charge is 0.354 e. The maximum atomic E-state index is 12.0. The molecule has 0 bridgehead atoms. The second-order valence-corrected chi connectivity index (χ2v) is 11.4.